The van der Waals surface area contributed by atoms with Gasteiger partial charge >= 0.3 is 0 Å². The van der Waals surface area contributed by atoms with Crippen molar-refractivity contribution >= 4 is 17.4 Å². The number of benzene rings is 1. The van der Waals surface area contributed by atoms with E-state index in [1.807, 2.05) is 0 Å². The normalized spacial score (nSPS) is 10.4. The molecular formula is C12H15ClFNO. The number of halogens is 2. The Morgan fingerprint density at radius 1 is 1.38 bits per heavy atom. The van der Waals surface area contributed by atoms with E-state index >= 15 is 0 Å². The van der Waals surface area contributed by atoms with Crippen LogP contribution in [0.3, 0.4) is 0 Å². The van der Waals surface area contributed by atoms with Crippen LogP contribution >= 0.6 is 11.6 Å². The average molecular weight is 244 g/mol. The monoisotopic (exact) mass is 243 g/mol. The molecule has 0 aromatic heterocycles. The van der Waals surface area contributed by atoms with Gasteiger partial charge < -0.3 is 5.73 Å². The minimum absolute atomic E-state index is 0.0827. The van der Waals surface area contributed by atoms with Gasteiger partial charge in [0.05, 0.1) is 5.02 Å². The van der Waals surface area contributed by atoms with Crippen LogP contribution in [0.15, 0.2) is 18.2 Å². The maximum Gasteiger partial charge on any atom is 0.142 e. The van der Waals surface area contributed by atoms with Crippen LogP contribution in [0, 0.1) is 5.82 Å². The first kappa shape index (κ1) is 13.1. The highest BCUT2D eigenvalue weighted by Gasteiger charge is 2.06. The molecule has 0 heterocycles. The van der Waals surface area contributed by atoms with E-state index in [0.29, 0.717) is 18.5 Å². The summed E-state index contributed by atoms with van der Waals surface area (Å²) in [6, 6.07) is 4.45. The van der Waals surface area contributed by atoms with E-state index in [2.05, 4.69) is 0 Å². The molecule has 2 nitrogen and oxygen atoms in total. The van der Waals surface area contributed by atoms with Crippen molar-refractivity contribution in [1.82, 2.24) is 0 Å². The SMILES string of the molecule is NCCCCC(=O)Cc1ccc(Cl)c(F)c1. The van der Waals surface area contributed by atoms with Gasteiger partial charge in [-0.25, -0.2) is 4.39 Å². The fourth-order valence-corrected chi connectivity index (χ4v) is 1.55. The highest BCUT2D eigenvalue weighted by Crippen LogP contribution is 2.16. The number of hydrogen-bond donors (Lipinski definition) is 1. The van der Waals surface area contributed by atoms with Crippen molar-refractivity contribution in [3.8, 4) is 0 Å². The number of rotatable bonds is 6. The molecule has 1 aromatic carbocycles. The van der Waals surface area contributed by atoms with Gasteiger partial charge in [0.15, 0.2) is 0 Å². The Balaban J connectivity index is 2.46. The van der Waals surface area contributed by atoms with Gasteiger partial charge in [-0.3, -0.25) is 4.79 Å². The third-order valence-electron chi connectivity index (χ3n) is 2.30. The van der Waals surface area contributed by atoms with Gasteiger partial charge in [-0.2, -0.15) is 0 Å². The predicted octanol–water partition coefficient (Wildman–Crippen LogP) is 2.72. The molecular weight excluding hydrogens is 229 g/mol. The van der Waals surface area contributed by atoms with Crippen molar-refractivity contribution in [2.45, 2.75) is 25.7 Å². The summed E-state index contributed by atoms with van der Waals surface area (Å²) in [4.78, 5) is 11.5. The molecule has 1 aromatic rings. The first-order valence-corrected chi connectivity index (χ1v) is 5.67. The zero-order valence-electron chi connectivity index (χ0n) is 9.01. The van der Waals surface area contributed by atoms with E-state index in [0.717, 1.165) is 12.8 Å². The Morgan fingerprint density at radius 3 is 2.75 bits per heavy atom. The van der Waals surface area contributed by atoms with Gasteiger partial charge in [-0.1, -0.05) is 17.7 Å². The highest BCUT2D eigenvalue weighted by molar-refractivity contribution is 6.30. The second kappa shape index (κ2) is 6.61. The maximum atomic E-state index is 13.1. The van der Waals surface area contributed by atoms with Crippen molar-refractivity contribution < 1.29 is 9.18 Å². The summed E-state index contributed by atoms with van der Waals surface area (Å²) in [5.41, 5.74) is 5.99. The molecule has 88 valence electrons. The van der Waals surface area contributed by atoms with Crippen LogP contribution in [0.1, 0.15) is 24.8 Å². The fraction of sp³-hybridized carbons (Fsp3) is 0.417. The molecule has 16 heavy (non-hydrogen) atoms. The fourth-order valence-electron chi connectivity index (χ4n) is 1.43. The third kappa shape index (κ3) is 4.29. The van der Waals surface area contributed by atoms with Gasteiger partial charge in [-0.05, 0) is 37.1 Å². The van der Waals surface area contributed by atoms with E-state index in [9.17, 15) is 9.18 Å². The molecule has 0 spiro atoms. The quantitative estimate of drug-likeness (QED) is 0.781. The second-order valence-electron chi connectivity index (χ2n) is 3.71. The highest BCUT2D eigenvalue weighted by atomic mass is 35.5. The van der Waals surface area contributed by atoms with E-state index in [1.54, 1.807) is 6.07 Å². The van der Waals surface area contributed by atoms with Crippen LogP contribution in [-0.4, -0.2) is 12.3 Å². The Morgan fingerprint density at radius 2 is 2.12 bits per heavy atom. The van der Waals surface area contributed by atoms with Gasteiger partial charge in [-0.15, -0.1) is 0 Å². The molecule has 0 aliphatic rings. The minimum atomic E-state index is -0.478. The van der Waals surface area contributed by atoms with E-state index in [-0.39, 0.29) is 17.2 Å². The molecule has 2 N–H and O–H groups in total. The van der Waals surface area contributed by atoms with E-state index < -0.39 is 5.82 Å². The molecule has 4 heteroatoms. The molecule has 0 saturated heterocycles. The lowest BCUT2D eigenvalue weighted by molar-refractivity contribution is -0.118. The molecule has 0 atom stereocenters. The van der Waals surface area contributed by atoms with E-state index in [1.165, 1.54) is 12.1 Å². The van der Waals surface area contributed by atoms with E-state index in [4.69, 9.17) is 17.3 Å². The van der Waals surface area contributed by atoms with Crippen LogP contribution < -0.4 is 5.73 Å². The molecule has 0 aliphatic heterocycles. The summed E-state index contributed by atoms with van der Waals surface area (Å²) in [7, 11) is 0. The minimum Gasteiger partial charge on any atom is -0.330 e. The maximum absolute atomic E-state index is 13.1. The Labute approximate surface area is 99.6 Å². The molecule has 0 radical (unpaired) electrons. The molecule has 0 bridgehead atoms. The summed E-state index contributed by atoms with van der Waals surface area (Å²) in [6.45, 7) is 0.600. The predicted molar refractivity (Wildman–Crippen MR) is 63.0 cm³/mol. The van der Waals surface area contributed by atoms with Crippen LogP contribution in [-0.2, 0) is 11.2 Å². The number of carbonyl (C=O) groups is 1. The van der Waals surface area contributed by atoms with Crippen molar-refractivity contribution in [3.05, 3.63) is 34.6 Å². The number of unbranched alkanes of at least 4 members (excludes halogenated alkanes) is 1. The third-order valence-corrected chi connectivity index (χ3v) is 2.60. The first-order valence-electron chi connectivity index (χ1n) is 5.29. The number of Topliss-reactive ketones (excluding diaryl/α,β-unsaturated/α-hetero) is 1. The lowest BCUT2D eigenvalue weighted by Gasteiger charge is -2.02. The largest absolute Gasteiger partial charge is 0.330 e. The first-order chi connectivity index (χ1) is 7.63. The Kier molecular flexibility index (Phi) is 5.43. The Bertz CT molecular complexity index is 368. The van der Waals surface area contributed by atoms with Crippen LogP contribution in [0.25, 0.3) is 0 Å². The molecule has 0 unspecified atom stereocenters. The van der Waals surface area contributed by atoms with Crippen LogP contribution in [0.4, 0.5) is 4.39 Å². The standard InChI is InChI=1S/C12H15ClFNO/c13-11-5-4-9(8-12(11)14)7-10(16)3-1-2-6-15/h4-5,8H,1-3,6-7,15H2. The Hall–Kier alpha value is -0.930. The molecule has 0 aliphatic carbocycles. The van der Waals surface area contributed by atoms with Crippen LogP contribution in [0.5, 0.6) is 0 Å². The van der Waals surface area contributed by atoms with Gasteiger partial charge in [0.2, 0.25) is 0 Å². The topological polar surface area (TPSA) is 43.1 Å². The number of carbonyl (C=O) groups excluding carboxylic acids is 1. The summed E-state index contributed by atoms with van der Waals surface area (Å²) >= 11 is 5.55. The van der Waals surface area contributed by atoms with Gasteiger partial charge in [0.1, 0.15) is 11.6 Å². The summed E-state index contributed by atoms with van der Waals surface area (Å²) in [5.74, 6) is -0.371. The summed E-state index contributed by atoms with van der Waals surface area (Å²) in [5, 5.41) is 0.0827. The molecule has 0 saturated carbocycles. The van der Waals surface area contributed by atoms with Gasteiger partial charge in [0, 0.05) is 12.8 Å². The summed E-state index contributed by atoms with van der Waals surface area (Å²) < 4.78 is 13.1. The van der Waals surface area contributed by atoms with Crippen molar-refractivity contribution in [2.75, 3.05) is 6.54 Å². The lowest BCUT2D eigenvalue weighted by Crippen LogP contribution is -2.05. The molecule has 0 fully saturated rings. The number of hydrogen-bond acceptors (Lipinski definition) is 2. The van der Waals surface area contributed by atoms with Crippen molar-refractivity contribution in [3.63, 3.8) is 0 Å². The lowest BCUT2D eigenvalue weighted by atomic mass is 10.0. The molecule has 1 rings (SSSR count). The van der Waals surface area contributed by atoms with Crippen LogP contribution in [0.2, 0.25) is 5.02 Å². The number of ketones is 1. The average Bonchev–Trinajstić information content (AvgIpc) is 2.24. The zero-order chi connectivity index (χ0) is 12.0. The summed E-state index contributed by atoms with van der Waals surface area (Å²) in [6.07, 6.45) is 2.41. The molecule has 0 amide bonds. The van der Waals surface area contributed by atoms with Crippen molar-refractivity contribution in [1.29, 1.82) is 0 Å². The van der Waals surface area contributed by atoms with Crippen molar-refractivity contribution in [2.24, 2.45) is 5.73 Å². The smallest absolute Gasteiger partial charge is 0.142 e. The number of nitrogens with two attached hydrogens (primary N) is 1. The van der Waals surface area contributed by atoms with Gasteiger partial charge in [0.25, 0.3) is 0 Å². The second-order valence-corrected chi connectivity index (χ2v) is 4.12. The zero-order valence-corrected chi connectivity index (χ0v) is 9.77.